The number of rotatable bonds is 4. The van der Waals surface area contributed by atoms with Gasteiger partial charge in [-0.3, -0.25) is 4.79 Å². The summed E-state index contributed by atoms with van der Waals surface area (Å²) in [6, 6.07) is 9.32. The number of carbonyl (C=O) groups excluding carboxylic acids is 1. The minimum Gasteiger partial charge on any atom is -0.369 e. The summed E-state index contributed by atoms with van der Waals surface area (Å²) in [5.74, 6) is -0.646. The average Bonchev–Trinajstić information content (AvgIpc) is 2.46. The first-order chi connectivity index (χ1) is 10.3. The molecule has 22 heavy (non-hydrogen) atoms. The normalized spacial score (nSPS) is 12.9. The van der Waals surface area contributed by atoms with Gasteiger partial charge >= 0.3 is 6.18 Å². The number of carbonyl (C=O) groups is 1. The van der Waals surface area contributed by atoms with E-state index >= 15 is 0 Å². The van der Waals surface area contributed by atoms with Gasteiger partial charge in [-0.15, -0.1) is 0 Å². The predicted octanol–water partition coefficient (Wildman–Crippen LogP) is 3.13. The van der Waals surface area contributed by atoms with Crippen molar-refractivity contribution in [2.45, 2.75) is 23.5 Å². The molecule has 0 aliphatic carbocycles. The molecule has 2 rings (SSSR count). The van der Waals surface area contributed by atoms with Crippen LogP contribution in [0.15, 0.2) is 41.6 Å². The quantitative estimate of drug-likeness (QED) is 0.692. The second-order valence-corrected chi connectivity index (χ2v) is 5.76. The van der Waals surface area contributed by atoms with Gasteiger partial charge in [-0.25, -0.2) is 9.97 Å². The monoisotopic (exact) mass is 327 g/mol. The highest BCUT2D eigenvalue weighted by atomic mass is 32.2. The Morgan fingerprint density at radius 1 is 1.23 bits per heavy atom. The van der Waals surface area contributed by atoms with E-state index in [1.165, 1.54) is 6.92 Å². The van der Waals surface area contributed by atoms with Crippen LogP contribution in [-0.2, 0) is 11.0 Å². The zero-order valence-corrected chi connectivity index (χ0v) is 12.3. The van der Waals surface area contributed by atoms with E-state index in [9.17, 15) is 18.0 Å². The van der Waals surface area contributed by atoms with Crippen LogP contribution < -0.4 is 5.73 Å². The van der Waals surface area contributed by atoms with Crippen molar-refractivity contribution < 1.29 is 18.0 Å². The highest BCUT2D eigenvalue weighted by Crippen LogP contribution is 2.32. The fraction of sp³-hybridized carbons (Fsp3) is 0.214. The van der Waals surface area contributed by atoms with Gasteiger partial charge in [0.1, 0.15) is 5.69 Å². The standard InChI is InChI=1S/C14H12F3N3OS/c1-8(12(18)21)22-13-19-10(9-5-3-2-4-6-9)7-11(20-13)14(15,16)17/h2-8H,1H3,(H2,18,21)/t8-/m0/s1. The average molecular weight is 327 g/mol. The fourth-order valence-electron chi connectivity index (χ4n) is 1.60. The van der Waals surface area contributed by atoms with Gasteiger partial charge in [0.2, 0.25) is 5.91 Å². The van der Waals surface area contributed by atoms with Crippen LogP contribution in [0, 0.1) is 0 Å². The molecule has 1 heterocycles. The molecule has 0 aliphatic rings. The van der Waals surface area contributed by atoms with Crippen molar-refractivity contribution in [2.24, 2.45) is 5.73 Å². The zero-order chi connectivity index (χ0) is 16.3. The lowest BCUT2D eigenvalue weighted by Crippen LogP contribution is -2.23. The number of aromatic nitrogens is 2. The number of halogens is 3. The van der Waals surface area contributed by atoms with Gasteiger partial charge in [0, 0.05) is 5.56 Å². The van der Waals surface area contributed by atoms with Crippen LogP contribution in [0.25, 0.3) is 11.3 Å². The third kappa shape index (κ3) is 3.97. The maximum atomic E-state index is 13.0. The summed E-state index contributed by atoms with van der Waals surface area (Å²) in [6.07, 6.45) is -4.60. The highest BCUT2D eigenvalue weighted by Gasteiger charge is 2.34. The van der Waals surface area contributed by atoms with Crippen LogP contribution in [0.4, 0.5) is 13.2 Å². The van der Waals surface area contributed by atoms with E-state index < -0.39 is 23.0 Å². The van der Waals surface area contributed by atoms with E-state index in [-0.39, 0.29) is 10.9 Å². The molecule has 8 heteroatoms. The molecule has 0 saturated carbocycles. The summed E-state index contributed by atoms with van der Waals surface area (Å²) in [4.78, 5) is 18.6. The first-order valence-electron chi connectivity index (χ1n) is 6.25. The molecule has 0 radical (unpaired) electrons. The highest BCUT2D eigenvalue weighted by molar-refractivity contribution is 8.00. The van der Waals surface area contributed by atoms with Crippen molar-refractivity contribution in [1.82, 2.24) is 9.97 Å². The lowest BCUT2D eigenvalue weighted by Gasteiger charge is -2.12. The van der Waals surface area contributed by atoms with E-state index in [0.717, 1.165) is 17.8 Å². The number of benzene rings is 1. The number of thioether (sulfide) groups is 1. The maximum Gasteiger partial charge on any atom is 0.433 e. The number of amides is 1. The van der Waals surface area contributed by atoms with Crippen molar-refractivity contribution in [2.75, 3.05) is 0 Å². The third-order valence-corrected chi connectivity index (χ3v) is 3.73. The second-order valence-electron chi connectivity index (χ2n) is 4.45. The molecule has 0 aliphatic heterocycles. The van der Waals surface area contributed by atoms with Crippen molar-refractivity contribution in [3.63, 3.8) is 0 Å². The molecule has 0 saturated heterocycles. The molecular formula is C14H12F3N3OS. The molecule has 116 valence electrons. The second kappa shape index (κ2) is 6.35. The van der Waals surface area contributed by atoms with Gasteiger partial charge in [0.25, 0.3) is 0 Å². The summed E-state index contributed by atoms with van der Waals surface area (Å²) in [5, 5.41) is -0.868. The van der Waals surface area contributed by atoms with Gasteiger partial charge < -0.3 is 5.73 Å². The Labute approximate surface area is 129 Å². The number of alkyl halides is 3. The minimum atomic E-state index is -4.60. The van der Waals surface area contributed by atoms with Crippen LogP contribution in [-0.4, -0.2) is 21.1 Å². The van der Waals surface area contributed by atoms with Crippen LogP contribution >= 0.6 is 11.8 Å². The summed E-state index contributed by atoms with van der Waals surface area (Å²) in [6.45, 7) is 1.48. The van der Waals surface area contributed by atoms with Crippen molar-refractivity contribution in [3.8, 4) is 11.3 Å². The number of hydrogen-bond acceptors (Lipinski definition) is 4. The first kappa shape index (κ1) is 16.3. The molecule has 1 aromatic carbocycles. The molecule has 1 atom stereocenters. The van der Waals surface area contributed by atoms with E-state index in [1.54, 1.807) is 30.3 Å². The maximum absolute atomic E-state index is 13.0. The Hall–Kier alpha value is -2.09. The number of nitrogens with two attached hydrogens (primary N) is 1. The molecule has 1 amide bonds. The van der Waals surface area contributed by atoms with Crippen molar-refractivity contribution in [1.29, 1.82) is 0 Å². The van der Waals surface area contributed by atoms with E-state index in [2.05, 4.69) is 9.97 Å². The molecule has 0 fully saturated rings. The first-order valence-corrected chi connectivity index (χ1v) is 7.13. The molecule has 0 spiro atoms. The number of hydrogen-bond donors (Lipinski definition) is 1. The summed E-state index contributed by atoms with van der Waals surface area (Å²) < 4.78 is 38.9. The van der Waals surface area contributed by atoms with Crippen molar-refractivity contribution in [3.05, 3.63) is 42.1 Å². The summed E-state index contributed by atoms with van der Waals surface area (Å²) in [5.41, 5.74) is 4.74. The Morgan fingerprint density at radius 2 is 1.86 bits per heavy atom. The third-order valence-electron chi connectivity index (χ3n) is 2.75. The van der Waals surface area contributed by atoms with Crippen LogP contribution in [0.1, 0.15) is 12.6 Å². The molecule has 1 aromatic heterocycles. The molecule has 2 aromatic rings. The lowest BCUT2D eigenvalue weighted by atomic mass is 10.1. The van der Waals surface area contributed by atoms with Crippen LogP contribution in [0.3, 0.4) is 0 Å². The number of nitrogens with zero attached hydrogens (tertiary/aromatic N) is 2. The fourth-order valence-corrected chi connectivity index (χ4v) is 2.33. The lowest BCUT2D eigenvalue weighted by molar-refractivity contribution is -0.141. The molecule has 0 bridgehead atoms. The van der Waals surface area contributed by atoms with Gasteiger partial charge in [-0.2, -0.15) is 13.2 Å². The topological polar surface area (TPSA) is 68.9 Å². The van der Waals surface area contributed by atoms with E-state index in [1.807, 2.05) is 0 Å². The molecular weight excluding hydrogens is 315 g/mol. The predicted molar refractivity (Wildman–Crippen MR) is 77.0 cm³/mol. The minimum absolute atomic E-state index is 0.139. The zero-order valence-electron chi connectivity index (χ0n) is 11.5. The van der Waals surface area contributed by atoms with Crippen molar-refractivity contribution >= 4 is 17.7 Å². The smallest absolute Gasteiger partial charge is 0.369 e. The van der Waals surface area contributed by atoms with Gasteiger partial charge in [0.05, 0.1) is 10.9 Å². The van der Waals surface area contributed by atoms with Crippen LogP contribution in [0.2, 0.25) is 0 Å². The van der Waals surface area contributed by atoms with Crippen LogP contribution in [0.5, 0.6) is 0 Å². The Kier molecular flexibility index (Phi) is 4.70. The molecule has 4 nitrogen and oxygen atoms in total. The van der Waals surface area contributed by atoms with E-state index in [0.29, 0.717) is 5.56 Å². The molecule has 2 N–H and O–H groups in total. The Morgan fingerprint density at radius 3 is 2.41 bits per heavy atom. The Bertz CT molecular complexity index is 677. The summed E-state index contributed by atoms with van der Waals surface area (Å²) >= 11 is 0.794. The largest absolute Gasteiger partial charge is 0.433 e. The van der Waals surface area contributed by atoms with Gasteiger partial charge in [-0.1, -0.05) is 42.1 Å². The van der Waals surface area contributed by atoms with E-state index in [4.69, 9.17) is 5.73 Å². The molecule has 0 unspecified atom stereocenters. The SMILES string of the molecule is C[C@H](Sc1nc(-c2ccccc2)cc(C(F)(F)F)n1)C(N)=O. The number of primary amides is 1. The summed E-state index contributed by atoms with van der Waals surface area (Å²) in [7, 11) is 0. The Balaban J connectivity index is 2.48. The van der Waals surface area contributed by atoms with Gasteiger partial charge in [0.15, 0.2) is 5.16 Å². The van der Waals surface area contributed by atoms with Gasteiger partial charge in [-0.05, 0) is 13.0 Å².